The van der Waals surface area contributed by atoms with Crippen LogP contribution in [0, 0.1) is 17.2 Å². The van der Waals surface area contributed by atoms with Crippen LogP contribution in [-0.2, 0) is 4.79 Å². The summed E-state index contributed by atoms with van der Waals surface area (Å²) in [4.78, 5) is 12.6. The topological polar surface area (TPSA) is 40.9 Å². The molecule has 0 bridgehead atoms. The normalized spacial score (nSPS) is 19.6. The van der Waals surface area contributed by atoms with E-state index in [4.69, 9.17) is 0 Å². The average Bonchev–Trinajstić information content (AvgIpc) is 2.59. The number of nitriles is 1. The van der Waals surface area contributed by atoms with E-state index in [0.717, 1.165) is 16.7 Å². The SMILES string of the molecule is N#CC1C=Cc2ccccc2C1C(=O)/C=C/c1ccccc1. The molecule has 0 aliphatic heterocycles. The summed E-state index contributed by atoms with van der Waals surface area (Å²) in [7, 11) is 0. The molecule has 106 valence electrons. The van der Waals surface area contributed by atoms with Crippen LogP contribution in [0.1, 0.15) is 22.6 Å². The molecule has 2 heteroatoms. The predicted molar refractivity (Wildman–Crippen MR) is 87.8 cm³/mol. The van der Waals surface area contributed by atoms with E-state index in [9.17, 15) is 10.1 Å². The zero-order chi connectivity index (χ0) is 15.4. The van der Waals surface area contributed by atoms with Crippen molar-refractivity contribution in [3.63, 3.8) is 0 Å². The van der Waals surface area contributed by atoms with Crippen molar-refractivity contribution >= 4 is 17.9 Å². The van der Waals surface area contributed by atoms with E-state index < -0.39 is 11.8 Å². The van der Waals surface area contributed by atoms with Crippen LogP contribution in [0.3, 0.4) is 0 Å². The predicted octanol–water partition coefficient (Wildman–Crippen LogP) is 4.22. The molecule has 0 spiro atoms. The molecular formula is C20H15NO. The maximum atomic E-state index is 12.6. The molecule has 0 aromatic heterocycles. The van der Waals surface area contributed by atoms with E-state index >= 15 is 0 Å². The summed E-state index contributed by atoms with van der Waals surface area (Å²) < 4.78 is 0. The van der Waals surface area contributed by atoms with Crippen LogP contribution in [-0.4, -0.2) is 5.78 Å². The van der Waals surface area contributed by atoms with Gasteiger partial charge in [0.05, 0.1) is 17.9 Å². The first-order valence-electron chi connectivity index (χ1n) is 7.23. The minimum atomic E-state index is -0.425. The number of carbonyl (C=O) groups is 1. The van der Waals surface area contributed by atoms with Crippen molar-refractivity contribution in [1.29, 1.82) is 5.26 Å². The van der Waals surface area contributed by atoms with Gasteiger partial charge in [-0.3, -0.25) is 4.79 Å². The van der Waals surface area contributed by atoms with Crippen LogP contribution in [0.2, 0.25) is 0 Å². The number of nitrogens with zero attached hydrogens (tertiary/aromatic N) is 1. The number of hydrogen-bond donors (Lipinski definition) is 0. The van der Waals surface area contributed by atoms with Gasteiger partial charge in [0.2, 0.25) is 0 Å². The highest BCUT2D eigenvalue weighted by Crippen LogP contribution is 2.34. The second-order valence-electron chi connectivity index (χ2n) is 5.27. The molecule has 2 unspecified atom stereocenters. The summed E-state index contributed by atoms with van der Waals surface area (Å²) in [5.74, 6) is -0.874. The maximum Gasteiger partial charge on any atom is 0.164 e. The van der Waals surface area contributed by atoms with E-state index in [1.165, 1.54) is 0 Å². The Hall–Kier alpha value is -2.92. The molecule has 2 aromatic rings. The van der Waals surface area contributed by atoms with Gasteiger partial charge in [0.15, 0.2) is 5.78 Å². The molecule has 0 heterocycles. The Morgan fingerprint density at radius 1 is 1.05 bits per heavy atom. The Kier molecular flexibility index (Phi) is 3.98. The van der Waals surface area contributed by atoms with Crippen LogP contribution < -0.4 is 0 Å². The zero-order valence-electron chi connectivity index (χ0n) is 12.0. The zero-order valence-corrected chi connectivity index (χ0v) is 12.0. The third kappa shape index (κ3) is 2.75. The van der Waals surface area contributed by atoms with Crippen LogP contribution in [0.5, 0.6) is 0 Å². The molecule has 22 heavy (non-hydrogen) atoms. The van der Waals surface area contributed by atoms with Crippen LogP contribution in [0.15, 0.2) is 66.7 Å². The third-order valence-corrected chi connectivity index (χ3v) is 3.87. The van der Waals surface area contributed by atoms with Crippen molar-refractivity contribution in [2.75, 3.05) is 0 Å². The molecule has 0 radical (unpaired) electrons. The quantitative estimate of drug-likeness (QED) is 0.792. The summed E-state index contributed by atoms with van der Waals surface area (Å²) in [5, 5.41) is 9.34. The molecule has 1 aliphatic carbocycles. The fourth-order valence-electron chi connectivity index (χ4n) is 2.75. The molecule has 0 fully saturated rings. The second kappa shape index (κ2) is 6.24. The Morgan fingerprint density at radius 3 is 2.55 bits per heavy atom. The van der Waals surface area contributed by atoms with Gasteiger partial charge >= 0.3 is 0 Å². The van der Waals surface area contributed by atoms with Gasteiger partial charge in [-0.1, -0.05) is 72.8 Å². The van der Waals surface area contributed by atoms with E-state index in [-0.39, 0.29) is 5.78 Å². The first-order valence-corrected chi connectivity index (χ1v) is 7.23. The number of rotatable bonds is 3. The smallest absolute Gasteiger partial charge is 0.164 e. The van der Waals surface area contributed by atoms with Crippen LogP contribution in [0.25, 0.3) is 12.2 Å². The summed E-state index contributed by atoms with van der Waals surface area (Å²) in [6.45, 7) is 0. The molecule has 0 N–H and O–H groups in total. The molecule has 2 atom stereocenters. The number of ketones is 1. The first-order chi connectivity index (χ1) is 10.8. The van der Waals surface area contributed by atoms with Gasteiger partial charge in [0, 0.05) is 0 Å². The summed E-state index contributed by atoms with van der Waals surface area (Å²) >= 11 is 0. The molecule has 0 saturated carbocycles. The van der Waals surface area contributed by atoms with Crippen molar-refractivity contribution in [3.8, 4) is 6.07 Å². The minimum Gasteiger partial charge on any atom is -0.294 e. The van der Waals surface area contributed by atoms with Gasteiger partial charge < -0.3 is 0 Å². The van der Waals surface area contributed by atoms with Crippen molar-refractivity contribution < 1.29 is 4.79 Å². The van der Waals surface area contributed by atoms with Crippen molar-refractivity contribution in [3.05, 3.63) is 83.4 Å². The highest BCUT2D eigenvalue weighted by atomic mass is 16.1. The lowest BCUT2D eigenvalue weighted by Gasteiger charge is -2.23. The standard InChI is InChI=1S/C20H15NO/c21-14-17-12-11-16-8-4-5-9-18(16)20(17)19(22)13-10-15-6-2-1-3-7-15/h1-13,17,20H/b13-10+. The maximum absolute atomic E-state index is 12.6. The minimum absolute atomic E-state index is 0.0350. The van der Waals surface area contributed by atoms with Gasteiger partial charge in [0.1, 0.15) is 0 Å². The lowest BCUT2D eigenvalue weighted by Crippen LogP contribution is -2.21. The average molecular weight is 285 g/mol. The van der Waals surface area contributed by atoms with E-state index in [0.29, 0.717) is 0 Å². The number of benzene rings is 2. The third-order valence-electron chi connectivity index (χ3n) is 3.87. The summed E-state index contributed by atoms with van der Waals surface area (Å²) in [5.41, 5.74) is 2.92. The van der Waals surface area contributed by atoms with E-state index in [2.05, 4.69) is 6.07 Å². The lowest BCUT2D eigenvalue weighted by atomic mass is 9.77. The van der Waals surface area contributed by atoms with Crippen molar-refractivity contribution in [1.82, 2.24) is 0 Å². The van der Waals surface area contributed by atoms with E-state index in [1.807, 2.05) is 66.7 Å². The van der Waals surface area contributed by atoms with Crippen molar-refractivity contribution in [2.24, 2.45) is 5.92 Å². The fraction of sp³-hybridized carbons (Fsp3) is 0.100. The second-order valence-corrected chi connectivity index (χ2v) is 5.27. The highest BCUT2D eigenvalue weighted by molar-refractivity contribution is 6.00. The highest BCUT2D eigenvalue weighted by Gasteiger charge is 2.30. The van der Waals surface area contributed by atoms with Gasteiger partial charge in [-0.15, -0.1) is 0 Å². The molecule has 2 aromatic carbocycles. The Morgan fingerprint density at radius 2 is 1.77 bits per heavy atom. The number of allylic oxidation sites excluding steroid dienone is 2. The first kappa shape index (κ1) is 14.0. The molecule has 2 nitrogen and oxygen atoms in total. The van der Waals surface area contributed by atoms with Crippen molar-refractivity contribution in [2.45, 2.75) is 5.92 Å². The Bertz CT molecular complexity index is 781. The molecule has 1 aliphatic rings. The molecule has 0 saturated heterocycles. The van der Waals surface area contributed by atoms with E-state index in [1.54, 1.807) is 12.2 Å². The molecule has 3 rings (SSSR count). The van der Waals surface area contributed by atoms with Gasteiger partial charge in [0.25, 0.3) is 0 Å². The molecular weight excluding hydrogens is 270 g/mol. The monoisotopic (exact) mass is 285 g/mol. The lowest BCUT2D eigenvalue weighted by molar-refractivity contribution is -0.116. The van der Waals surface area contributed by atoms with Crippen LogP contribution in [0.4, 0.5) is 0 Å². The molecule has 0 amide bonds. The van der Waals surface area contributed by atoms with Crippen LogP contribution >= 0.6 is 0 Å². The number of fused-ring (bicyclic) bond motifs is 1. The largest absolute Gasteiger partial charge is 0.294 e. The van der Waals surface area contributed by atoms with Gasteiger partial charge in [-0.2, -0.15) is 5.26 Å². The van der Waals surface area contributed by atoms with Gasteiger partial charge in [-0.05, 0) is 22.8 Å². The van der Waals surface area contributed by atoms with Gasteiger partial charge in [-0.25, -0.2) is 0 Å². The Labute approximate surface area is 130 Å². The Balaban J connectivity index is 1.92. The number of carbonyl (C=O) groups excluding carboxylic acids is 1. The number of hydrogen-bond acceptors (Lipinski definition) is 2. The summed E-state index contributed by atoms with van der Waals surface area (Å²) in [6.07, 6.45) is 7.13. The summed E-state index contributed by atoms with van der Waals surface area (Å²) in [6, 6.07) is 19.7. The fourth-order valence-corrected chi connectivity index (χ4v) is 2.75.